The minimum Gasteiger partial charge on any atom is -0.465 e. The van der Waals surface area contributed by atoms with E-state index in [1.165, 1.54) is 7.11 Å². The van der Waals surface area contributed by atoms with Gasteiger partial charge in [-0.05, 0) is 60.7 Å². The van der Waals surface area contributed by atoms with Gasteiger partial charge in [0, 0.05) is 17.1 Å². The number of thiocarbonyl (C=S) groups is 1. The molecular formula is C19H21N5O6S3. The van der Waals surface area contributed by atoms with Crippen molar-refractivity contribution in [1.82, 2.24) is 10.9 Å². The summed E-state index contributed by atoms with van der Waals surface area (Å²) < 4.78 is 26.4. The molecule has 1 atom stereocenters. The fraction of sp³-hybridized carbons (Fsp3) is 0.158. The van der Waals surface area contributed by atoms with Gasteiger partial charge < -0.3 is 15.4 Å². The highest BCUT2D eigenvalue weighted by Crippen LogP contribution is 2.14. The molecule has 6 N–H and O–H groups in total. The second kappa shape index (κ2) is 13.4. The first kappa shape index (κ1) is 26.1. The lowest BCUT2D eigenvalue weighted by atomic mass is 10.2. The van der Waals surface area contributed by atoms with Crippen LogP contribution in [0.5, 0.6) is 0 Å². The summed E-state index contributed by atoms with van der Waals surface area (Å²) in [5.74, 6) is -1.08. The average Bonchev–Trinajstić information content (AvgIpc) is 2.78. The largest absolute Gasteiger partial charge is 0.465 e. The van der Waals surface area contributed by atoms with Crippen molar-refractivity contribution in [3.05, 3.63) is 54.1 Å². The molecule has 0 radical (unpaired) electrons. The maximum Gasteiger partial charge on any atom is 0.337 e. The number of thioether (sulfide) groups is 1. The van der Waals surface area contributed by atoms with Crippen molar-refractivity contribution >= 4 is 75.2 Å². The van der Waals surface area contributed by atoms with Crippen molar-refractivity contribution in [3.63, 3.8) is 0 Å². The molecule has 0 aliphatic heterocycles. The molecule has 1 unspecified atom stereocenters. The summed E-state index contributed by atoms with van der Waals surface area (Å²) in [5, 5.41) is 5.64. The molecule has 2 rings (SSSR count). The molecule has 0 fully saturated rings. The number of hydrazine groups is 1. The number of hydrogen-bond acceptors (Lipinski definition) is 7. The van der Waals surface area contributed by atoms with E-state index in [0.717, 1.165) is 11.8 Å². The molecule has 2 aromatic carbocycles. The van der Waals surface area contributed by atoms with Crippen LogP contribution in [0, 0.1) is 0 Å². The van der Waals surface area contributed by atoms with Gasteiger partial charge in [-0.15, -0.1) is 11.8 Å². The number of ether oxygens (including phenoxy) is 1. The highest BCUT2D eigenvalue weighted by Gasteiger charge is 2.08. The van der Waals surface area contributed by atoms with Crippen LogP contribution in [-0.4, -0.2) is 50.3 Å². The topological polar surface area (TPSA) is 158 Å². The Morgan fingerprint density at radius 3 is 2.06 bits per heavy atom. The van der Waals surface area contributed by atoms with E-state index in [1.807, 2.05) is 0 Å². The summed E-state index contributed by atoms with van der Waals surface area (Å²) in [6, 6.07) is 12.6. The maximum absolute atomic E-state index is 12.0. The first-order valence-electron chi connectivity index (χ1n) is 9.16. The van der Waals surface area contributed by atoms with Gasteiger partial charge in [-0.1, -0.05) is 0 Å². The van der Waals surface area contributed by atoms with Crippen LogP contribution >= 0.6 is 24.0 Å². The van der Waals surface area contributed by atoms with Gasteiger partial charge in [-0.3, -0.25) is 29.7 Å². The standard InChI is InChI=1S/C19H21N5O6S3/c1-30-18(27)12-2-4-14(5-3-12)21-19(31)23-22-17(26)11-32-10-16(25)20-13-6-8-15(9-7-13)24-33(28)29/h2-9,24H,10-11H2,1H3,(H,20,25)(H,22,26)(H,28,29)(H2,21,23,31). The van der Waals surface area contributed by atoms with E-state index >= 15 is 0 Å². The molecule has 176 valence electrons. The predicted octanol–water partition coefficient (Wildman–Crippen LogP) is 1.71. The molecule has 0 aromatic heterocycles. The van der Waals surface area contributed by atoms with E-state index < -0.39 is 17.2 Å². The number of methoxy groups -OCH3 is 1. The number of esters is 1. The smallest absolute Gasteiger partial charge is 0.337 e. The fourth-order valence-corrected chi connectivity index (χ4v) is 3.41. The normalized spacial score (nSPS) is 11.0. The van der Waals surface area contributed by atoms with Gasteiger partial charge in [0.05, 0.1) is 24.2 Å². The minimum atomic E-state index is -2.17. The van der Waals surface area contributed by atoms with Crippen LogP contribution in [0.25, 0.3) is 0 Å². The summed E-state index contributed by atoms with van der Waals surface area (Å²) in [6.07, 6.45) is 0. The number of anilines is 3. The van der Waals surface area contributed by atoms with E-state index in [9.17, 15) is 18.6 Å². The molecule has 0 saturated heterocycles. The highest BCUT2D eigenvalue weighted by atomic mass is 32.2. The van der Waals surface area contributed by atoms with Gasteiger partial charge in [-0.2, -0.15) is 0 Å². The first-order chi connectivity index (χ1) is 15.8. The molecule has 33 heavy (non-hydrogen) atoms. The van der Waals surface area contributed by atoms with Crippen molar-refractivity contribution in [1.29, 1.82) is 0 Å². The third-order valence-corrected chi connectivity index (χ3v) is 5.27. The molecule has 14 heteroatoms. The van der Waals surface area contributed by atoms with E-state index in [2.05, 4.69) is 30.9 Å². The zero-order valence-electron chi connectivity index (χ0n) is 17.2. The second-order valence-corrected chi connectivity index (χ2v) is 8.26. The lowest BCUT2D eigenvalue weighted by molar-refractivity contribution is -0.119. The molecular weight excluding hydrogens is 490 g/mol. The molecule has 2 aromatic rings. The quantitative estimate of drug-likeness (QED) is 0.127. The number of nitrogens with one attached hydrogen (secondary N) is 5. The van der Waals surface area contributed by atoms with Crippen molar-refractivity contribution in [2.75, 3.05) is 34.0 Å². The fourth-order valence-electron chi connectivity index (χ4n) is 2.29. The monoisotopic (exact) mass is 511 g/mol. The van der Waals surface area contributed by atoms with E-state index in [4.69, 9.17) is 16.8 Å². The van der Waals surface area contributed by atoms with Crippen molar-refractivity contribution in [2.45, 2.75) is 0 Å². The third kappa shape index (κ3) is 9.86. The van der Waals surface area contributed by atoms with Crippen LogP contribution in [0.2, 0.25) is 0 Å². The molecule has 2 amide bonds. The van der Waals surface area contributed by atoms with Gasteiger partial charge in [0.2, 0.25) is 11.8 Å². The van der Waals surface area contributed by atoms with Gasteiger partial charge in [0.1, 0.15) is 0 Å². The lowest BCUT2D eigenvalue weighted by Crippen LogP contribution is -2.44. The summed E-state index contributed by atoms with van der Waals surface area (Å²) in [5.41, 5.74) is 6.90. The Kier molecular flexibility index (Phi) is 10.6. The molecule has 0 aliphatic carbocycles. The highest BCUT2D eigenvalue weighted by molar-refractivity contribution is 8.00. The molecule has 0 heterocycles. The van der Waals surface area contributed by atoms with Crippen LogP contribution < -0.4 is 26.2 Å². The van der Waals surface area contributed by atoms with Crippen LogP contribution in [0.1, 0.15) is 10.4 Å². The molecule has 0 bridgehead atoms. The van der Waals surface area contributed by atoms with Crippen molar-refractivity contribution < 1.29 is 27.9 Å². The third-order valence-electron chi connectivity index (χ3n) is 3.72. The number of carbonyl (C=O) groups excluding carboxylic acids is 3. The van der Waals surface area contributed by atoms with Gasteiger partial charge >= 0.3 is 5.97 Å². The van der Waals surface area contributed by atoms with Gasteiger partial charge in [0.25, 0.3) is 11.3 Å². The zero-order chi connectivity index (χ0) is 24.2. The number of rotatable bonds is 9. The summed E-state index contributed by atoms with van der Waals surface area (Å²) >= 11 is 4.02. The summed E-state index contributed by atoms with van der Waals surface area (Å²) in [7, 11) is 1.30. The number of carbonyl (C=O) groups is 3. The first-order valence-corrected chi connectivity index (χ1v) is 11.8. The minimum absolute atomic E-state index is 0.0159. The number of amides is 2. The summed E-state index contributed by atoms with van der Waals surface area (Å²) in [4.78, 5) is 35.3. The van der Waals surface area contributed by atoms with Crippen LogP contribution in [0.4, 0.5) is 17.1 Å². The molecule has 11 nitrogen and oxygen atoms in total. The Balaban J connectivity index is 1.64. The molecule has 0 aliphatic rings. The van der Waals surface area contributed by atoms with Crippen LogP contribution in [0.3, 0.4) is 0 Å². The number of hydrogen-bond donors (Lipinski definition) is 6. The van der Waals surface area contributed by atoms with Crippen molar-refractivity contribution in [2.24, 2.45) is 0 Å². The SMILES string of the molecule is COC(=O)c1ccc(NC(=S)NNC(=O)CSCC(=O)Nc2ccc(NS(=O)O)cc2)cc1. The van der Waals surface area contributed by atoms with Crippen LogP contribution in [-0.2, 0) is 25.6 Å². The number of benzene rings is 2. The Morgan fingerprint density at radius 2 is 1.45 bits per heavy atom. The Hall–Kier alpha value is -3.20. The molecule has 0 spiro atoms. The predicted molar refractivity (Wildman–Crippen MR) is 132 cm³/mol. The Labute approximate surface area is 201 Å². The van der Waals surface area contributed by atoms with Crippen LogP contribution in [0.15, 0.2) is 48.5 Å². The zero-order valence-corrected chi connectivity index (χ0v) is 19.7. The molecule has 0 saturated carbocycles. The van der Waals surface area contributed by atoms with E-state index in [0.29, 0.717) is 22.6 Å². The Morgan fingerprint density at radius 1 is 0.909 bits per heavy atom. The second-order valence-electron chi connectivity index (χ2n) is 6.17. The van der Waals surface area contributed by atoms with Gasteiger partial charge in [-0.25, -0.2) is 9.00 Å². The van der Waals surface area contributed by atoms with E-state index in [1.54, 1.807) is 48.5 Å². The lowest BCUT2D eigenvalue weighted by Gasteiger charge is -2.12. The van der Waals surface area contributed by atoms with Gasteiger partial charge in [0.15, 0.2) is 5.11 Å². The maximum atomic E-state index is 12.0. The van der Waals surface area contributed by atoms with E-state index in [-0.39, 0.29) is 28.4 Å². The average molecular weight is 512 g/mol. The Bertz CT molecular complexity index is 1020. The summed E-state index contributed by atoms with van der Waals surface area (Å²) in [6.45, 7) is 0. The van der Waals surface area contributed by atoms with Crippen molar-refractivity contribution in [3.8, 4) is 0 Å².